The minimum absolute atomic E-state index is 0.224. The first kappa shape index (κ1) is 10.9. The van der Waals surface area contributed by atoms with Crippen molar-refractivity contribution < 1.29 is 9.53 Å². The average Bonchev–Trinajstić information content (AvgIpc) is 2.15. The third-order valence-corrected chi connectivity index (χ3v) is 1.78. The molecule has 1 rings (SSSR count). The molecule has 0 bridgehead atoms. The number of thiocarbonyl (C=S) groups is 1. The topological polar surface area (TPSA) is 26.3 Å². The second kappa shape index (κ2) is 5.50. The summed E-state index contributed by atoms with van der Waals surface area (Å²) in [5.74, 6) is -0.263. The molecule has 74 valence electrons. The zero-order chi connectivity index (χ0) is 10.4. The summed E-state index contributed by atoms with van der Waals surface area (Å²) in [4.78, 5) is 11.8. The summed E-state index contributed by atoms with van der Waals surface area (Å²) >= 11 is 4.80. The van der Waals surface area contributed by atoms with E-state index in [1.54, 1.807) is 6.92 Å². The maximum absolute atomic E-state index is 11.1. The number of ether oxygens (including phenoxy) is 1. The number of carbonyl (C=O) groups is 1. The van der Waals surface area contributed by atoms with Crippen molar-refractivity contribution in [3.05, 3.63) is 35.9 Å². The zero-order valence-corrected chi connectivity index (χ0v) is 8.84. The Morgan fingerprint density at radius 1 is 1.36 bits per heavy atom. The fraction of sp³-hybridized carbons (Fsp3) is 0.273. The van der Waals surface area contributed by atoms with E-state index >= 15 is 0 Å². The second-order valence-corrected chi connectivity index (χ2v) is 3.72. The number of hydrogen-bond donors (Lipinski definition) is 0. The van der Waals surface area contributed by atoms with Crippen LogP contribution in [0.1, 0.15) is 18.9 Å². The Morgan fingerprint density at radius 3 is 2.57 bits per heavy atom. The van der Waals surface area contributed by atoms with Gasteiger partial charge in [-0.1, -0.05) is 42.5 Å². The lowest BCUT2D eigenvalue weighted by molar-refractivity contribution is -0.143. The van der Waals surface area contributed by atoms with E-state index in [1.807, 2.05) is 30.3 Å². The quantitative estimate of drug-likeness (QED) is 0.561. The first-order chi connectivity index (χ1) is 6.68. The van der Waals surface area contributed by atoms with Crippen molar-refractivity contribution in [1.29, 1.82) is 0 Å². The monoisotopic (exact) mass is 208 g/mol. The molecule has 0 aliphatic carbocycles. The van der Waals surface area contributed by atoms with Gasteiger partial charge < -0.3 is 4.74 Å². The number of esters is 1. The van der Waals surface area contributed by atoms with E-state index in [0.717, 1.165) is 5.56 Å². The molecule has 0 atom stereocenters. The Morgan fingerprint density at radius 2 is 2.00 bits per heavy atom. The van der Waals surface area contributed by atoms with E-state index in [1.165, 1.54) is 0 Å². The molecule has 0 heterocycles. The third-order valence-electron chi connectivity index (χ3n) is 1.64. The van der Waals surface area contributed by atoms with Crippen molar-refractivity contribution in [2.45, 2.75) is 20.0 Å². The van der Waals surface area contributed by atoms with E-state index in [-0.39, 0.29) is 12.4 Å². The van der Waals surface area contributed by atoms with Gasteiger partial charge in [0.1, 0.15) is 6.61 Å². The Labute approximate surface area is 88.9 Å². The van der Waals surface area contributed by atoms with Crippen molar-refractivity contribution in [2.75, 3.05) is 0 Å². The van der Waals surface area contributed by atoms with Crippen molar-refractivity contribution in [2.24, 2.45) is 0 Å². The smallest absolute Gasteiger partial charge is 0.311 e. The van der Waals surface area contributed by atoms with E-state index < -0.39 is 0 Å². The van der Waals surface area contributed by atoms with Gasteiger partial charge in [-0.25, -0.2) is 0 Å². The summed E-state index contributed by atoms with van der Waals surface area (Å²) < 4.78 is 5.01. The first-order valence-corrected chi connectivity index (χ1v) is 4.78. The third kappa shape index (κ3) is 4.14. The van der Waals surface area contributed by atoms with Crippen LogP contribution in [0.2, 0.25) is 0 Å². The Kier molecular flexibility index (Phi) is 4.26. The van der Waals surface area contributed by atoms with Gasteiger partial charge in [0.05, 0.1) is 6.42 Å². The van der Waals surface area contributed by atoms with E-state index in [4.69, 9.17) is 17.0 Å². The van der Waals surface area contributed by atoms with Crippen LogP contribution < -0.4 is 0 Å². The van der Waals surface area contributed by atoms with Crippen molar-refractivity contribution in [1.82, 2.24) is 0 Å². The van der Waals surface area contributed by atoms with E-state index in [0.29, 0.717) is 11.5 Å². The highest BCUT2D eigenvalue weighted by Gasteiger charge is 2.03. The van der Waals surface area contributed by atoms with Gasteiger partial charge in [0.25, 0.3) is 0 Å². The molecule has 0 saturated heterocycles. The molecule has 0 saturated carbocycles. The van der Waals surface area contributed by atoms with Crippen LogP contribution in [0.5, 0.6) is 0 Å². The fourth-order valence-electron chi connectivity index (χ4n) is 0.992. The largest absolute Gasteiger partial charge is 0.461 e. The number of carbonyl (C=O) groups excluding carboxylic acids is 1. The maximum Gasteiger partial charge on any atom is 0.311 e. The van der Waals surface area contributed by atoms with Crippen molar-refractivity contribution in [3.8, 4) is 0 Å². The molecule has 0 aliphatic heterocycles. The Bertz CT molecular complexity index is 319. The normalized spacial score (nSPS) is 9.50. The van der Waals surface area contributed by atoms with E-state index in [2.05, 4.69) is 0 Å². The molecular weight excluding hydrogens is 196 g/mol. The highest BCUT2D eigenvalue weighted by Crippen LogP contribution is 2.01. The molecule has 1 aromatic rings. The molecule has 14 heavy (non-hydrogen) atoms. The van der Waals surface area contributed by atoms with Crippen molar-refractivity contribution >= 4 is 23.1 Å². The van der Waals surface area contributed by atoms with Crippen LogP contribution in [0, 0.1) is 0 Å². The fourth-order valence-corrected chi connectivity index (χ4v) is 1.11. The zero-order valence-electron chi connectivity index (χ0n) is 8.03. The van der Waals surface area contributed by atoms with Gasteiger partial charge in [0.15, 0.2) is 0 Å². The van der Waals surface area contributed by atoms with Gasteiger partial charge >= 0.3 is 5.97 Å². The summed E-state index contributed by atoms with van der Waals surface area (Å²) in [5, 5.41) is 0. The lowest BCUT2D eigenvalue weighted by Gasteiger charge is -2.03. The summed E-state index contributed by atoms with van der Waals surface area (Å²) in [6.07, 6.45) is 0.224. The highest BCUT2D eigenvalue weighted by molar-refractivity contribution is 7.80. The lowest BCUT2D eigenvalue weighted by Crippen LogP contribution is -2.07. The Hall–Kier alpha value is -1.22. The minimum Gasteiger partial charge on any atom is -0.461 e. The molecular formula is C11H12O2S. The summed E-state index contributed by atoms with van der Waals surface area (Å²) in [6, 6.07) is 9.57. The van der Waals surface area contributed by atoms with Gasteiger partial charge in [-0.2, -0.15) is 0 Å². The van der Waals surface area contributed by atoms with Crippen molar-refractivity contribution in [3.63, 3.8) is 0 Å². The molecule has 1 aromatic carbocycles. The first-order valence-electron chi connectivity index (χ1n) is 4.37. The van der Waals surface area contributed by atoms with Crippen LogP contribution >= 0.6 is 12.2 Å². The Balaban J connectivity index is 2.34. The SMILES string of the molecule is CC(=S)CC(=O)OCc1ccccc1. The van der Waals surface area contributed by atoms with Crippen LogP contribution in [-0.2, 0) is 16.1 Å². The van der Waals surface area contributed by atoms with E-state index in [9.17, 15) is 4.79 Å². The molecule has 3 heteroatoms. The van der Waals surface area contributed by atoms with Gasteiger partial charge in [0.2, 0.25) is 0 Å². The minimum atomic E-state index is -0.263. The predicted molar refractivity (Wildman–Crippen MR) is 59.1 cm³/mol. The second-order valence-electron chi connectivity index (χ2n) is 3.03. The number of benzene rings is 1. The molecule has 0 unspecified atom stereocenters. The predicted octanol–water partition coefficient (Wildman–Crippen LogP) is 2.51. The average molecular weight is 208 g/mol. The maximum atomic E-state index is 11.1. The molecule has 0 spiro atoms. The van der Waals surface area contributed by atoms with Crippen LogP contribution in [0.15, 0.2) is 30.3 Å². The van der Waals surface area contributed by atoms with Crippen LogP contribution in [0.3, 0.4) is 0 Å². The summed E-state index contributed by atoms with van der Waals surface area (Å²) in [7, 11) is 0. The molecule has 0 fully saturated rings. The summed E-state index contributed by atoms with van der Waals surface area (Å²) in [6.45, 7) is 2.06. The standard InChI is InChI=1S/C11H12O2S/c1-9(14)7-11(12)13-8-10-5-3-2-4-6-10/h2-6H,7-8H2,1H3. The van der Waals surface area contributed by atoms with Gasteiger partial charge in [0, 0.05) is 4.86 Å². The molecule has 0 aromatic heterocycles. The lowest BCUT2D eigenvalue weighted by atomic mass is 10.2. The number of rotatable bonds is 4. The van der Waals surface area contributed by atoms with Gasteiger partial charge in [-0.15, -0.1) is 0 Å². The summed E-state index contributed by atoms with van der Waals surface area (Å²) in [5.41, 5.74) is 0.989. The van der Waals surface area contributed by atoms with Gasteiger partial charge in [-0.3, -0.25) is 4.79 Å². The molecule has 2 nitrogen and oxygen atoms in total. The van der Waals surface area contributed by atoms with Gasteiger partial charge in [-0.05, 0) is 12.5 Å². The number of hydrogen-bond acceptors (Lipinski definition) is 3. The van der Waals surface area contributed by atoms with Crippen LogP contribution in [0.25, 0.3) is 0 Å². The molecule has 0 amide bonds. The molecule has 0 aliphatic rings. The van der Waals surface area contributed by atoms with Crippen LogP contribution in [-0.4, -0.2) is 10.8 Å². The molecule has 0 N–H and O–H groups in total. The molecule has 0 radical (unpaired) electrons. The highest BCUT2D eigenvalue weighted by atomic mass is 32.1. The van der Waals surface area contributed by atoms with Crippen LogP contribution in [0.4, 0.5) is 0 Å².